The van der Waals surface area contributed by atoms with Gasteiger partial charge < -0.3 is 0 Å². The first kappa shape index (κ1) is 18.9. The van der Waals surface area contributed by atoms with Gasteiger partial charge in [0.25, 0.3) is 0 Å². The zero-order valence-corrected chi connectivity index (χ0v) is 16.6. The van der Waals surface area contributed by atoms with Crippen LogP contribution in [0.2, 0.25) is 0 Å². The number of benzene rings is 3. The van der Waals surface area contributed by atoms with Crippen LogP contribution < -0.4 is 0 Å². The van der Waals surface area contributed by atoms with E-state index in [2.05, 4.69) is 23.2 Å². The highest BCUT2D eigenvalue weighted by molar-refractivity contribution is 7.47. The van der Waals surface area contributed by atoms with Gasteiger partial charge in [-0.3, -0.25) is 0 Å². The fourth-order valence-corrected chi connectivity index (χ4v) is 3.81. The minimum Gasteiger partial charge on any atom is -0.248 e. The summed E-state index contributed by atoms with van der Waals surface area (Å²) in [6.45, 7) is 5.72. The number of aryl methyl sites for hydroxylation is 3. The summed E-state index contributed by atoms with van der Waals surface area (Å²) in [7, 11) is -0.890. The van der Waals surface area contributed by atoms with Gasteiger partial charge in [-0.2, -0.15) is 0 Å². The maximum Gasteiger partial charge on any atom is 0.406 e. The summed E-state index contributed by atoms with van der Waals surface area (Å²) in [4.78, 5) is 15.8. The second-order valence-electron chi connectivity index (χ2n) is 6.58. The molecule has 0 aliphatic carbocycles. The molecule has 0 amide bonds. The first-order valence-corrected chi connectivity index (χ1v) is 9.65. The first-order valence-electron chi connectivity index (χ1n) is 8.74. The van der Waals surface area contributed by atoms with Gasteiger partial charge in [0.1, 0.15) is 0 Å². The van der Waals surface area contributed by atoms with Crippen molar-refractivity contribution in [2.45, 2.75) is 20.8 Å². The van der Waals surface area contributed by atoms with E-state index in [-0.39, 0.29) is 5.52 Å². The lowest BCUT2D eigenvalue weighted by molar-refractivity contribution is 0.108. The van der Waals surface area contributed by atoms with Gasteiger partial charge in [-0.05, 0) is 50.1 Å². The Kier molecular flexibility index (Phi) is 5.73. The zero-order chi connectivity index (χ0) is 19.4. The SMILES string of the molecule is Cc1cc(C)c(C(=O)[PH+]=O)c(C)c1.c1ccc2nc3ccccc3cc2c1. The minimum absolute atomic E-state index is 0.282. The molecule has 4 aromatic rings. The van der Waals surface area contributed by atoms with Crippen molar-refractivity contribution in [2.75, 3.05) is 0 Å². The van der Waals surface area contributed by atoms with Crippen LogP contribution in [0.5, 0.6) is 0 Å². The Bertz CT molecular complexity index is 1020. The molecule has 0 fully saturated rings. The van der Waals surface area contributed by atoms with Gasteiger partial charge in [0.15, 0.2) is 0 Å². The highest BCUT2D eigenvalue weighted by Crippen LogP contribution is 2.20. The Hall–Kier alpha value is -2.90. The van der Waals surface area contributed by atoms with Crippen molar-refractivity contribution in [1.29, 1.82) is 0 Å². The van der Waals surface area contributed by atoms with Crippen LogP contribution in [-0.2, 0) is 4.57 Å². The fourth-order valence-electron chi connectivity index (χ4n) is 3.31. The molecule has 3 nitrogen and oxygen atoms in total. The Morgan fingerprint density at radius 2 is 1.26 bits per heavy atom. The summed E-state index contributed by atoms with van der Waals surface area (Å²) < 4.78 is 10.5. The van der Waals surface area contributed by atoms with Crippen molar-refractivity contribution in [1.82, 2.24) is 4.98 Å². The average Bonchev–Trinajstić information content (AvgIpc) is 2.66. The Balaban J connectivity index is 0.000000157. The van der Waals surface area contributed by atoms with Crippen molar-refractivity contribution >= 4 is 35.8 Å². The predicted molar refractivity (Wildman–Crippen MR) is 113 cm³/mol. The lowest BCUT2D eigenvalue weighted by atomic mass is 10.0. The van der Waals surface area contributed by atoms with E-state index in [0.717, 1.165) is 27.7 Å². The normalized spacial score (nSPS) is 10.6. The summed E-state index contributed by atoms with van der Waals surface area (Å²) in [6.07, 6.45) is 0. The maximum absolute atomic E-state index is 11.3. The molecule has 4 heteroatoms. The maximum atomic E-state index is 11.3. The van der Waals surface area contributed by atoms with Gasteiger partial charge in [0.2, 0.25) is 0 Å². The molecule has 1 heterocycles. The van der Waals surface area contributed by atoms with Crippen LogP contribution in [-0.4, -0.2) is 10.5 Å². The molecule has 0 saturated heterocycles. The average molecular weight is 374 g/mol. The molecule has 1 atom stereocenters. The quantitative estimate of drug-likeness (QED) is 0.312. The minimum atomic E-state index is -0.890. The van der Waals surface area contributed by atoms with Crippen molar-refractivity contribution in [3.63, 3.8) is 0 Å². The third kappa shape index (κ3) is 4.27. The van der Waals surface area contributed by atoms with Gasteiger partial charge in [-0.15, -0.1) is 0 Å². The van der Waals surface area contributed by atoms with Crippen molar-refractivity contribution in [3.05, 3.63) is 89.0 Å². The lowest BCUT2D eigenvalue weighted by Gasteiger charge is -2.03. The third-order valence-corrected chi connectivity index (χ3v) is 4.86. The molecular weight excluding hydrogens is 353 g/mol. The molecule has 0 aliphatic rings. The second kappa shape index (κ2) is 8.20. The van der Waals surface area contributed by atoms with Crippen LogP contribution in [0.3, 0.4) is 0 Å². The smallest absolute Gasteiger partial charge is 0.248 e. The second-order valence-corrected chi connectivity index (χ2v) is 7.24. The molecule has 1 aromatic heterocycles. The summed E-state index contributed by atoms with van der Waals surface area (Å²) in [5, 5.41) is 2.40. The molecule has 3 aromatic carbocycles. The van der Waals surface area contributed by atoms with E-state index in [0.29, 0.717) is 5.56 Å². The number of para-hydroxylation sites is 2. The van der Waals surface area contributed by atoms with E-state index in [1.54, 1.807) is 0 Å². The van der Waals surface area contributed by atoms with Crippen LogP contribution in [0.4, 0.5) is 0 Å². The van der Waals surface area contributed by atoms with E-state index in [1.165, 1.54) is 10.8 Å². The molecule has 0 N–H and O–H groups in total. The number of rotatable bonds is 2. The van der Waals surface area contributed by atoms with Gasteiger partial charge in [0, 0.05) is 10.8 Å². The van der Waals surface area contributed by atoms with E-state index < -0.39 is 8.46 Å². The van der Waals surface area contributed by atoms with Gasteiger partial charge >= 0.3 is 14.0 Å². The van der Waals surface area contributed by atoms with Crippen LogP contribution in [0.25, 0.3) is 21.8 Å². The Labute approximate surface area is 160 Å². The summed E-state index contributed by atoms with van der Waals surface area (Å²) >= 11 is 0. The summed E-state index contributed by atoms with van der Waals surface area (Å²) in [5.41, 5.74) is 5.39. The number of carbonyl (C=O) groups excluding carboxylic acids is 1. The molecule has 0 saturated carbocycles. The Morgan fingerprint density at radius 3 is 1.74 bits per heavy atom. The van der Waals surface area contributed by atoms with Crippen LogP contribution in [0, 0.1) is 20.8 Å². The van der Waals surface area contributed by atoms with Crippen molar-refractivity contribution < 1.29 is 9.36 Å². The van der Waals surface area contributed by atoms with Crippen LogP contribution in [0.15, 0.2) is 66.7 Å². The highest BCUT2D eigenvalue weighted by atomic mass is 31.1. The first-order chi connectivity index (χ1) is 13.0. The number of nitrogens with zero attached hydrogens (tertiary/aromatic N) is 1. The molecule has 0 radical (unpaired) electrons. The zero-order valence-electron chi connectivity index (χ0n) is 15.6. The van der Waals surface area contributed by atoms with E-state index in [9.17, 15) is 9.36 Å². The molecular formula is C23H21NO2P+. The summed E-state index contributed by atoms with van der Waals surface area (Å²) in [5.74, 6) is 0. The summed E-state index contributed by atoms with van der Waals surface area (Å²) in [6, 6.07) is 22.4. The number of fused-ring (bicyclic) bond motifs is 2. The fraction of sp³-hybridized carbons (Fsp3) is 0.130. The van der Waals surface area contributed by atoms with E-state index >= 15 is 0 Å². The molecule has 4 rings (SSSR count). The third-order valence-electron chi connectivity index (χ3n) is 4.42. The number of pyridine rings is 1. The van der Waals surface area contributed by atoms with Crippen molar-refractivity contribution in [2.24, 2.45) is 0 Å². The lowest BCUT2D eigenvalue weighted by Crippen LogP contribution is -1.98. The predicted octanol–water partition coefficient (Wildman–Crippen LogP) is 6.16. The van der Waals surface area contributed by atoms with E-state index in [1.807, 2.05) is 69.3 Å². The van der Waals surface area contributed by atoms with Crippen LogP contribution in [0.1, 0.15) is 27.0 Å². The molecule has 0 bridgehead atoms. The Morgan fingerprint density at radius 1 is 0.778 bits per heavy atom. The van der Waals surface area contributed by atoms with Gasteiger partial charge in [-0.25, -0.2) is 9.78 Å². The molecule has 0 aliphatic heterocycles. The number of hydrogen-bond donors (Lipinski definition) is 0. The highest BCUT2D eigenvalue weighted by Gasteiger charge is 2.18. The van der Waals surface area contributed by atoms with Crippen molar-refractivity contribution in [3.8, 4) is 0 Å². The molecule has 134 valence electrons. The van der Waals surface area contributed by atoms with E-state index in [4.69, 9.17) is 0 Å². The topological polar surface area (TPSA) is 47.0 Å². The number of carbonyl (C=O) groups is 1. The monoisotopic (exact) mass is 374 g/mol. The van der Waals surface area contributed by atoms with Crippen LogP contribution >= 0.6 is 8.46 Å². The number of hydrogen-bond acceptors (Lipinski definition) is 3. The molecule has 27 heavy (non-hydrogen) atoms. The van der Waals surface area contributed by atoms with Gasteiger partial charge in [-0.1, -0.05) is 58.7 Å². The molecule has 1 unspecified atom stereocenters. The molecule has 0 spiro atoms. The number of aromatic nitrogens is 1. The van der Waals surface area contributed by atoms with Gasteiger partial charge in [0.05, 0.1) is 16.6 Å². The standard InChI is InChI=1S/C13H9N.C10H11O2P/c1-3-7-12-10(5-1)9-11-6-2-4-8-13(11)14-12;1-6-4-7(2)9(8(3)5-6)10(11)13-12/h1-9H;4-5H,1-3H3/p+1. The largest absolute Gasteiger partial charge is 0.406 e.